The summed E-state index contributed by atoms with van der Waals surface area (Å²) in [4.78, 5) is 11.7. The first-order valence-corrected chi connectivity index (χ1v) is 10.5. The van der Waals surface area contributed by atoms with Crippen molar-refractivity contribution in [2.24, 2.45) is 0 Å². The lowest BCUT2D eigenvalue weighted by Gasteiger charge is -2.30. The van der Waals surface area contributed by atoms with Gasteiger partial charge in [-0.2, -0.15) is 5.10 Å². The summed E-state index contributed by atoms with van der Waals surface area (Å²) in [6.07, 6.45) is 11.1. The van der Waals surface area contributed by atoms with Crippen LogP contribution in [0, 0.1) is 13.8 Å². The van der Waals surface area contributed by atoms with Gasteiger partial charge in [0.05, 0.1) is 18.9 Å². The van der Waals surface area contributed by atoms with E-state index < -0.39 is 0 Å². The fourth-order valence-electron chi connectivity index (χ4n) is 3.86. The second kappa shape index (κ2) is 9.22. The molecule has 2 aliphatic rings. The molecule has 0 spiro atoms. The quantitative estimate of drug-likeness (QED) is 0.681. The standard InChI is InChI=1S/C20H23N3O.C4H6N2/c1-14-6-7-21-13-18(14)17-12-19(23-8-10-24-11-9-23)22-20-15(2)4-3-5-16(17)20;1-4-2-3-5-6-4/h3,5-7,12-13,15H,4,8-11H2,1-2H3;2-3H,1H3,(H,5,6). The highest BCUT2D eigenvalue weighted by molar-refractivity contribution is 5.81. The van der Waals surface area contributed by atoms with E-state index in [0.29, 0.717) is 5.92 Å². The predicted octanol–water partition coefficient (Wildman–Crippen LogP) is 4.53. The number of fused-ring (bicyclic) bond motifs is 1. The van der Waals surface area contributed by atoms with Crippen LogP contribution in [0.4, 0.5) is 5.82 Å². The average molecular weight is 404 g/mol. The minimum atomic E-state index is 0.446. The molecule has 0 amide bonds. The Morgan fingerprint density at radius 2 is 1.93 bits per heavy atom. The van der Waals surface area contributed by atoms with Crippen LogP contribution in [0.3, 0.4) is 0 Å². The summed E-state index contributed by atoms with van der Waals surface area (Å²) >= 11 is 0. The fourth-order valence-corrected chi connectivity index (χ4v) is 3.86. The van der Waals surface area contributed by atoms with Crippen LogP contribution >= 0.6 is 0 Å². The summed E-state index contributed by atoms with van der Waals surface area (Å²) in [7, 11) is 0. The number of aryl methyl sites for hydroxylation is 2. The fraction of sp³-hybridized carbons (Fsp3) is 0.375. The van der Waals surface area contributed by atoms with E-state index >= 15 is 0 Å². The van der Waals surface area contributed by atoms with Crippen LogP contribution in [-0.4, -0.2) is 46.5 Å². The van der Waals surface area contributed by atoms with E-state index in [0.717, 1.165) is 44.2 Å². The lowest BCUT2D eigenvalue weighted by molar-refractivity contribution is 0.122. The van der Waals surface area contributed by atoms with Crippen LogP contribution in [0.5, 0.6) is 0 Å². The summed E-state index contributed by atoms with van der Waals surface area (Å²) in [6.45, 7) is 9.73. The summed E-state index contributed by atoms with van der Waals surface area (Å²) in [6, 6.07) is 6.23. The maximum atomic E-state index is 5.50. The molecular weight excluding hydrogens is 374 g/mol. The van der Waals surface area contributed by atoms with Crippen molar-refractivity contribution in [2.45, 2.75) is 33.1 Å². The average Bonchev–Trinajstić information content (AvgIpc) is 3.26. The Kier molecular flexibility index (Phi) is 6.23. The maximum absolute atomic E-state index is 5.50. The Labute approximate surface area is 178 Å². The molecule has 1 aliphatic heterocycles. The van der Waals surface area contributed by atoms with Gasteiger partial charge in [0.2, 0.25) is 0 Å². The van der Waals surface area contributed by atoms with Crippen molar-refractivity contribution in [2.75, 3.05) is 31.2 Å². The van der Waals surface area contributed by atoms with Crippen LogP contribution in [0.1, 0.15) is 41.8 Å². The topological polar surface area (TPSA) is 66.9 Å². The summed E-state index contributed by atoms with van der Waals surface area (Å²) in [5.41, 5.74) is 7.26. The number of nitrogens with one attached hydrogen (secondary N) is 1. The molecule has 1 saturated heterocycles. The van der Waals surface area contributed by atoms with E-state index in [2.05, 4.69) is 58.2 Å². The molecule has 6 heteroatoms. The SMILES string of the molecule is Cc1ccn[nH]1.Cc1ccncc1-c1cc(N2CCOCC2)nc2c1C=CCC2C. The Morgan fingerprint density at radius 3 is 2.60 bits per heavy atom. The highest BCUT2D eigenvalue weighted by Crippen LogP contribution is 2.38. The molecule has 3 aromatic heterocycles. The molecule has 0 saturated carbocycles. The van der Waals surface area contributed by atoms with Crippen molar-refractivity contribution < 1.29 is 4.74 Å². The molecule has 4 heterocycles. The number of aromatic nitrogens is 4. The molecule has 5 rings (SSSR count). The van der Waals surface area contributed by atoms with Gasteiger partial charge in [0.1, 0.15) is 5.82 Å². The molecule has 3 aromatic rings. The van der Waals surface area contributed by atoms with Crippen molar-refractivity contribution in [1.82, 2.24) is 20.2 Å². The van der Waals surface area contributed by atoms with E-state index in [1.807, 2.05) is 25.4 Å². The zero-order valence-electron chi connectivity index (χ0n) is 17.9. The Morgan fingerprint density at radius 1 is 1.10 bits per heavy atom. The molecule has 30 heavy (non-hydrogen) atoms. The van der Waals surface area contributed by atoms with E-state index in [1.54, 1.807) is 6.20 Å². The number of morpholine rings is 1. The van der Waals surface area contributed by atoms with Gasteiger partial charge >= 0.3 is 0 Å². The van der Waals surface area contributed by atoms with Gasteiger partial charge in [0, 0.05) is 54.4 Å². The smallest absolute Gasteiger partial charge is 0.129 e. The van der Waals surface area contributed by atoms with Crippen molar-refractivity contribution in [3.63, 3.8) is 0 Å². The minimum Gasteiger partial charge on any atom is -0.378 e. The molecule has 1 N–H and O–H groups in total. The molecule has 1 aliphatic carbocycles. The van der Waals surface area contributed by atoms with Crippen molar-refractivity contribution in [3.8, 4) is 11.1 Å². The molecular formula is C24H29N5O. The van der Waals surface area contributed by atoms with Crippen LogP contribution in [0.15, 0.2) is 42.9 Å². The van der Waals surface area contributed by atoms with Gasteiger partial charge in [-0.1, -0.05) is 19.1 Å². The normalized spacial score (nSPS) is 17.8. The number of allylic oxidation sites excluding steroid dienone is 1. The molecule has 156 valence electrons. The van der Waals surface area contributed by atoms with Gasteiger partial charge in [-0.05, 0) is 49.6 Å². The third-order valence-corrected chi connectivity index (χ3v) is 5.62. The van der Waals surface area contributed by atoms with Gasteiger partial charge in [-0.15, -0.1) is 0 Å². The first-order valence-electron chi connectivity index (χ1n) is 10.5. The monoisotopic (exact) mass is 403 g/mol. The number of nitrogens with zero attached hydrogens (tertiary/aromatic N) is 4. The van der Waals surface area contributed by atoms with E-state index in [9.17, 15) is 0 Å². The van der Waals surface area contributed by atoms with E-state index in [4.69, 9.17) is 9.72 Å². The summed E-state index contributed by atoms with van der Waals surface area (Å²) in [5.74, 6) is 1.51. The number of H-pyrrole nitrogens is 1. The number of hydrogen-bond donors (Lipinski definition) is 1. The molecule has 0 bridgehead atoms. The molecule has 1 atom stereocenters. The number of ether oxygens (including phenoxy) is 1. The Balaban J connectivity index is 0.000000313. The lowest BCUT2D eigenvalue weighted by atomic mass is 9.87. The zero-order valence-corrected chi connectivity index (χ0v) is 17.9. The van der Waals surface area contributed by atoms with Crippen LogP contribution in [0.25, 0.3) is 17.2 Å². The third kappa shape index (κ3) is 4.44. The summed E-state index contributed by atoms with van der Waals surface area (Å²) < 4.78 is 5.50. The van der Waals surface area contributed by atoms with Crippen molar-refractivity contribution >= 4 is 11.9 Å². The minimum absolute atomic E-state index is 0.446. The number of rotatable bonds is 2. The van der Waals surface area contributed by atoms with Crippen LogP contribution in [-0.2, 0) is 4.74 Å². The Bertz CT molecular complexity index is 1010. The number of hydrogen-bond acceptors (Lipinski definition) is 5. The van der Waals surface area contributed by atoms with Crippen molar-refractivity contribution in [1.29, 1.82) is 0 Å². The highest BCUT2D eigenvalue weighted by Gasteiger charge is 2.23. The van der Waals surface area contributed by atoms with Gasteiger partial charge in [-0.25, -0.2) is 4.98 Å². The number of aromatic amines is 1. The first kappa shape index (κ1) is 20.3. The molecule has 1 fully saturated rings. The zero-order chi connectivity index (χ0) is 20.9. The van der Waals surface area contributed by atoms with E-state index in [-0.39, 0.29) is 0 Å². The van der Waals surface area contributed by atoms with Gasteiger partial charge in [0.25, 0.3) is 0 Å². The second-order valence-electron chi connectivity index (χ2n) is 7.90. The van der Waals surface area contributed by atoms with Crippen LogP contribution in [0.2, 0.25) is 0 Å². The molecule has 1 unspecified atom stereocenters. The maximum Gasteiger partial charge on any atom is 0.129 e. The number of anilines is 1. The van der Waals surface area contributed by atoms with Gasteiger partial charge in [-0.3, -0.25) is 10.1 Å². The van der Waals surface area contributed by atoms with E-state index in [1.165, 1.54) is 27.9 Å². The molecule has 6 nitrogen and oxygen atoms in total. The predicted molar refractivity (Wildman–Crippen MR) is 121 cm³/mol. The third-order valence-electron chi connectivity index (χ3n) is 5.62. The summed E-state index contributed by atoms with van der Waals surface area (Å²) in [5, 5.41) is 6.45. The largest absolute Gasteiger partial charge is 0.378 e. The molecule has 0 aromatic carbocycles. The Hall–Kier alpha value is -2.99. The van der Waals surface area contributed by atoms with Crippen LogP contribution < -0.4 is 4.90 Å². The highest BCUT2D eigenvalue weighted by atomic mass is 16.5. The second-order valence-corrected chi connectivity index (χ2v) is 7.90. The van der Waals surface area contributed by atoms with Crippen molar-refractivity contribution in [3.05, 3.63) is 65.4 Å². The first-order chi connectivity index (χ1) is 14.6. The lowest BCUT2D eigenvalue weighted by Crippen LogP contribution is -2.37. The molecule has 0 radical (unpaired) electrons. The van der Waals surface area contributed by atoms with Gasteiger partial charge < -0.3 is 9.64 Å². The number of pyridine rings is 2. The van der Waals surface area contributed by atoms with Gasteiger partial charge in [0.15, 0.2) is 0 Å².